The van der Waals surface area contributed by atoms with Crippen LogP contribution in [0.25, 0.3) is 0 Å². The molecule has 0 radical (unpaired) electrons. The van der Waals surface area contributed by atoms with E-state index in [1.54, 1.807) is 0 Å². The normalized spacial score (nSPS) is 17.6. The molecular formula is C20H24N4O. The minimum absolute atomic E-state index is 0.0643. The second-order valence-electron chi connectivity index (χ2n) is 7.11. The van der Waals surface area contributed by atoms with Gasteiger partial charge in [-0.1, -0.05) is 30.3 Å². The Bertz CT molecular complexity index is 771. The number of nitrogens with one attached hydrogen (secondary N) is 2. The van der Waals surface area contributed by atoms with Crippen molar-refractivity contribution < 1.29 is 4.79 Å². The van der Waals surface area contributed by atoms with E-state index in [1.165, 1.54) is 5.56 Å². The van der Waals surface area contributed by atoms with Crippen LogP contribution in [-0.4, -0.2) is 28.5 Å². The third-order valence-electron chi connectivity index (χ3n) is 4.93. The summed E-state index contributed by atoms with van der Waals surface area (Å²) in [5, 5.41) is 6.45. The summed E-state index contributed by atoms with van der Waals surface area (Å²) in [6.07, 6.45) is 5.10. The number of hydrogen-bond donors (Lipinski definition) is 2. The average molecular weight is 336 g/mol. The van der Waals surface area contributed by atoms with Crippen LogP contribution in [0.2, 0.25) is 0 Å². The largest absolute Gasteiger partial charge is 0.367 e. The Labute approximate surface area is 148 Å². The minimum Gasteiger partial charge on any atom is -0.367 e. The van der Waals surface area contributed by atoms with Crippen molar-refractivity contribution in [2.45, 2.75) is 51.0 Å². The van der Waals surface area contributed by atoms with Crippen LogP contribution in [-0.2, 0) is 12.8 Å². The lowest BCUT2D eigenvalue weighted by atomic mass is 10.0. The molecule has 2 aromatic rings. The summed E-state index contributed by atoms with van der Waals surface area (Å²) >= 11 is 0. The molecule has 1 amide bonds. The molecule has 2 N–H and O–H groups in total. The van der Waals surface area contributed by atoms with E-state index in [-0.39, 0.29) is 11.9 Å². The molecule has 5 heteroatoms. The van der Waals surface area contributed by atoms with Gasteiger partial charge in [0.25, 0.3) is 5.91 Å². The lowest BCUT2D eigenvalue weighted by Crippen LogP contribution is -2.34. The van der Waals surface area contributed by atoms with Crippen molar-refractivity contribution in [1.29, 1.82) is 0 Å². The first-order valence-corrected chi connectivity index (χ1v) is 9.20. The Balaban J connectivity index is 1.51. The number of carbonyl (C=O) groups is 1. The topological polar surface area (TPSA) is 66.9 Å². The molecule has 1 atom stereocenters. The van der Waals surface area contributed by atoms with Crippen LogP contribution in [0.15, 0.2) is 30.3 Å². The second-order valence-corrected chi connectivity index (χ2v) is 7.11. The minimum atomic E-state index is -0.0643. The highest BCUT2D eigenvalue weighted by atomic mass is 16.1. The van der Waals surface area contributed by atoms with E-state index in [2.05, 4.69) is 46.8 Å². The fourth-order valence-electron chi connectivity index (χ4n) is 3.29. The fourth-order valence-corrected chi connectivity index (χ4v) is 3.29. The highest BCUT2D eigenvalue weighted by molar-refractivity contribution is 5.96. The van der Waals surface area contributed by atoms with Crippen LogP contribution in [0.5, 0.6) is 0 Å². The molecular weight excluding hydrogens is 312 g/mol. The molecule has 0 spiro atoms. The quantitative estimate of drug-likeness (QED) is 0.851. The number of anilines is 1. The van der Waals surface area contributed by atoms with Gasteiger partial charge in [-0.2, -0.15) is 0 Å². The maximum absolute atomic E-state index is 12.2. The van der Waals surface area contributed by atoms with Crippen molar-refractivity contribution in [3.05, 3.63) is 53.0 Å². The average Bonchev–Trinajstić information content (AvgIpc) is 3.47. The Morgan fingerprint density at radius 3 is 2.80 bits per heavy atom. The fraction of sp³-hybridized carbons (Fsp3) is 0.450. The molecule has 1 fully saturated rings. The number of aromatic nitrogens is 2. The molecule has 1 aromatic carbocycles. The number of carbonyl (C=O) groups excluding carboxylic acids is 1. The number of rotatable bonds is 6. The molecule has 2 heterocycles. The summed E-state index contributed by atoms with van der Waals surface area (Å²) in [7, 11) is 0. The highest BCUT2D eigenvalue weighted by Gasteiger charge is 2.31. The number of hydrogen-bond acceptors (Lipinski definition) is 4. The standard InChI is InChI=1S/C20H24N4O/c1-13(7-8-14-5-3-2-4-6-14)22-19-16-11-12-21-20(25)17(16)23-18(24-19)15-9-10-15/h2-6,13,15H,7-12H2,1H3,(H,21,25)(H,22,23,24). The predicted octanol–water partition coefficient (Wildman–Crippen LogP) is 3.07. The van der Waals surface area contributed by atoms with Gasteiger partial charge >= 0.3 is 0 Å². The summed E-state index contributed by atoms with van der Waals surface area (Å²) in [6, 6.07) is 10.8. The molecule has 1 aromatic heterocycles. The molecule has 4 rings (SSSR count). The molecule has 1 saturated carbocycles. The maximum atomic E-state index is 12.2. The van der Waals surface area contributed by atoms with Crippen molar-refractivity contribution in [2.24, 2.45) is 0 Å². The number of nitrogens with zero attached hydrogens (tertiary/aromatic N) is 2. The van der Waals surface area contributed by atoms with E-state index in [0.717, 1.165) is 49.3 Å². The lowest BCUT2D eigenvalue weighted by molar-refractivity contribution is 0.0940. The van der Waals surface area contributed by atoms with E-state index < -0.39 is 0 Å². The molecule has 25 heavy (non-hydrogen) atoms. The van der Waals surface area contributed by atoms with E-state index >= 15 is 0 Å². The van der Waals surface area contributed by atoms with Crippen LogP contribution in [0.4, 0.5) is 5.82 Å². The van der Waals surface area contributed by atoms with Crippen molar-refractivity contribution in [2.75, 3.05) is 11.9 Å². The Kier molecular flexibility index (Phi) is 4.38. The van der Waals surface area contributed by atoms with Crippen LogP contribution in [0.3, 0.4) is 0 Å². The molecule has 1 aliphatic carbocycles. The van der Waals surface area contributed by atoms with Crippen LogP contribution >= 0.6 is 0 Å². The third kappa shape index (κ3) is 3.65. The van der Waals surface area contributed by atoms with Gasteiger partial charge in [-0.3, -0.25) is 4.79 Å². The van der Waals surface area contributed by atoms with Crippen molar-refractivity contribution in [1.82, 2.24) is 15.3 Å². The second kappa shape index (κ2) is 6.82. The number of benzene rings is 1. The molecule has 130 valence electrons. The SMILES string of the molecule is CC(CCc1ccccc1)Nc1nc(C2CC2)nc2c1CCNC2=O. The van der Waals surface area contributed by atoms with Crippen molar-refractivity contribution in [3.8, 4) is 0 Å². The van der Waals surface area contributed by atoms with E-state index in [4.69, 9.17) is 4.98 Å². The highest BCUT2D eigenvalue weighted by Crippen LogP contribution is 2.39. The van der Waals surface area contributed by atoms with Gasteiger partial charge in [0.2, 0.25) is 0 Å². The van der Waals surface area contributed by atoms with Gasteiger partial charge in [-0.05, 0) is 44.6 Å². The number of aryl methyl sites for hydroxylation is 1. The Morgan fingerprint density at radius 1 is 1.24 bits per heavy atom. The summed E-state index contributed by atoms with van der Waals surface area (Å²) in [5.74, 6) is 2.06. The first-order chi connectivity index (χ1) is 12.2. The van der Waals surface area contributed by atoms with Gasteiger partial charge in [0, 0.05) is 24.1 Å². The molecule has 0 bridgehead atoms. The monoisotopic (exact) mass is 336 g/mol. The van der Waals surface area contributed by atoms with E-state index in [9.17, 15) is 4.79 Å². The lowest BCUT2D eigenvalue weighted by Gasteiger charge is -2.22. The number of amides is 1. The summed E-state index contributed by atoms with van der Waals surface area (Å²) in [6.45, 7) is 2.84. The predicted molar refractivity (Wildman–Crippen MR) is 97.9 cm³/mol. The van der Waals surface area contributed by atoms with Crippen molar-refractivity contribution in [3.63, 3.8) is 0 Å². The molecule has 1 unspecified atom stereocenters. The van der Waals surface area contributed by atoms with E-state index in [1.807, 2.05) is 6.07 Å². The van der Waals surface area contributed by atoms with Crippen molar-refractivity contribution >= 4 is 11.7 Å². The van der Waals surface area contributed by atoms with Crippen LogP contribution in [0.1, 0.15) is 59.5 Å². The zero-order valence-corrected chi connectivity index (χ0v) is 14.6. The maximum Gasteiger partial charge on any atom is 0.270 e. The van der Waals surface area contributed by atoms with Crippen LogP contribution < -0.4 is 10.6 Å². The molecule has 5 nitrogen and oxygen atoms in total. The zero-order chi connectivity index (χ0) is 17.2. The Hall–Kier alpha value is -2.43. The van der Waals surface area contributed by atoms with Gasteiger partial charge in [-0.25, -0.2) is 9.97 Å². The molecule has 1 aliphatic heterocycles. The first-order valence-electron chi connectivity index (χ1n) is 9.20. The smallest absolute Gasteiger partial charge is 0.270 e. The van der Waals surface area contributed by atoms with E-state index in [0.29, 0.717) is 18.2 Å². The molecule has 0 saturated heterocycles. The van der Waals surface area contributed by atoms with Gasteiger partial charge in [0.05, 0.1) is 0 Å². The molecule has 2 aliphatic rings. The van der Waals surface area contributed by atoms with Gasteiger partial charge in [0.15, 0.2) is 0 Å². The Morgan fingerprint density at radius 2 is 2.04 bits per heavy atom. The summed E-state index contributed by atoms with van der Waals surface area (Å²) in [4.78, 5) is 21.5. The zero-order valence-electron chi connectivity index (χ0n) is 14.6. The summed E-state index contributed by atoms with van der Waals surface area (Å²) in [5.41, 5.74) is 2.89. The third-order valence-corrected chi connectivity index (χ3v) is 4.93. The number of fused-ring (bicyclic) bond motifs is 1. The van der Waals surface area contributed by atoms with Crippen LogP contribution in [0, 0.1) is 0 Å². The van der Waals surface area contributed by atoms with Gasteiger partial charge < -0.3 is 10.6 Å². The van der Waals surface area contributed by atoms with Gasteiger partial charge in [0.1, 0.15) is 17.3 Å². The first kappa shape index (κ1) is 16.1. The van der Waals surface area contributed by atoms with Gasteiger partial charge in [-0.15, -0.1) is 0 Å². The summed E-state index contributed by atoms with van der Waals surface area (Å²) < 4.78 is 0.